The highest BCUT2D eigenvalue weighted by Gasteiger charge is 2.27. The number of phosphoric ester groups is 1. The molecule has 0 saturated carbocycles. The van der Waals surface area contributed by atoms with E-state index in [1.165, 1.54) is 77.0 Å². The van der Waals surface area contributed by atoms with Crippen molar-refractivity contribution in [3.05, 3.63) is 24.3 Å². The van der Waals surface area contributed by atoms with Gasteiger partial charge in [0.25, 0.3) is 0 Å². The van der Waals surface area contributed by atoms with Gasteiger partial charge in [0.05, 0.1) is 19.8 Å². The molecule has 0 aliphatic carbocycles. The van der Waals surface area contributed by atoms with Crippen molar-refractivity contribution in [3.8, 4) is 0 Å². The minimum atomic E-state index is -4.61. The largest absolute Gasteiger partial charge is 0.480 e. The van der Waals surface area contributed by atoms with E-state index >= 15 is 0 Å². The molecule has 11 heteroatoms. The number of hydrogen-bond donors (Lipinski definition) is 3. The molecule has 0 aromatic heterocycles. The van der Waals surface area contributed by atoms with Crippen molar-refractivity contribution < 1.29 is 42.7 Å². The Morgan fingerprint density at radius 2 is 1.10 bits per heavy atom. The van der Waals surface area contributed by atoms with E-state index in [1.807, 2.05) is 0 Å². The Balaban J connectivity index is 4.26. The van der Waals surface area contributed by atoms with Crippen LogP contribution in [0.4, 0.5) is 0 Å². The molecule has 0 heterocycles. The van der Waals surface area contributed by atoms with E-state index in [0.717, 1.165) is 64.2 Å². The van der Waals surface area contributed by atoms with E-state index in [4.69, 9.17) is 24.8 Å². The maximum absolute atomic E-state index is 12.5. The maximum atomic E-state index is 12.5. The minimum absolute atomic E-state index is 0.0110. The van der Waals surface area contributed by atoms with Gasteiger partial charge in [0.1, 0.15) is 12.1 Å². The second-order valence-corrected chi connectivity index (χ2v) is 14.5. The standard InChI is InChI=1S/C38H72NO9P/c1-3-5-7-9-11-13-15-16-17-18-19-20-21-23-25-27-29-31-45-32-35(33-46-49(43,44)47-34-36(39)38(41)42)48-37(40)30-28-26-24-22-14-12-10-8-6-4-2/h8,10,17-18,35-36H,3-7,9,11-16,19-34,39H2,1-2H3,(H,41,42)(H,43,44)/b10-8-,18-17-. The highest BCUT2D eigenvalue weighted by Crippen LogP contribution is 2.43. The molecule has 10 nitrogen and oxygen atoms in total. The Hall–Kier alpha value is -1.55. The van der Waals surface area contributed by atoms with Crippen LogP contribution < -0.4 is 5.73 Å². The number of nitrogens with two attached hydrogens (primary N) is 1. The fourth-order valence-electron chi connectivity index (χ4n) is 5.13. The number of rotatable bonds is 37. The molecule has 0 rings (SSSR count). The van der Waals surface area contributed by atoms with Crippen molar-refractivity contribution in [3.63, 3.8) is 0 Å². The number of esters is 1. The average molecular weight is 718 g/mol. The second kappa shape index (κ2) is 34.9. The van der Waals surface area contributed by atoms with E-state index in [9.17, 15) is 19.0 Å². The predicted octanol–water partition coefficient (Wildman–Crippen LogP) is 9.97. The van der Waals surface area contributed by atoms with Gasteiger partial charge in [-0.2, -0.15) is 0 Å². The number of hydrogen-bond acceptors (Lipinski definition) is 8. The summed E-state index contributed by atoms with van der Waals surface area (Å²) in [6.07, 6.45) is 35.2. The molecule has 0 amide bonds. The van der Waals surface area contributed by atoms with Crippen LogP contribution in [0.25, 0.3) is 0 Å². The van der Waals surface area contributed by atoms with Crippen molar-refractivity contribution in [1.29, 1.82) is 0 Å². The molecule has 0 fully saturated rings. The van der Waals surface area contributed by atoms with Crippen LogP contribution in [0, 0.1) is 0 Å². The van der Waals surface area contributed by atoms with Crippen LogP contribution in [0.3, 0.4) is 0 Å². The number of phosphoric acid groups is 1. The van der Waals surface area contributed by atoms with Crippen LogP contribution in [0.15, 0.2) is 24.3 Å². The van der Waals surface area contributed by atoms with Gasteiger partial charge in [0.2, 0.25) is 0 Å². The van der Waals surface area contributed by atoms with Crippen molar-refractivity contribution in [2.45, 2.75) is 180 Å². The van der Waals surface area contributed by atoms with Crippen LogP contribution in [0.1, 0.15) is 168 Å². The molecule has 0 aliphatic rings. The number of carboxylic acid groups (broad SMARTS) is 1. The van der Waals surface area contributed by atoms with Gasteiger partial charge >= 0.3 is 19.8 Å². The van der Waals surface area contributed by atoms with Gasteiger partial charge in [-0.25, -0.2) is 4.57 Å². The molecular formula is C38H72NO9P. The number of ether oxygens (including phenoxy) is 2. The lowest BCUT2D eigenvalue weighted by Crippen LogP contribution is -2.34. The first-order chi connectivity index (χ1) is 23.7. The van der Waals surface area contributed by atoms with Gasteiger partial charge in [0, 0.05) is 13.0 Å². The summed E-state index contributed by atoms with van der Waals surface area (Å²) in [5, 5.41) is 8.86. The summed E-state index contributed by atoms with van der Waals surface area (Å²) in [6, 6.07) is -1.47. The first kappa shape index (κ1) is 47.4. The van der Waals surface area contributed by atoms with Gasteiger partial charge < -0.3 is 25.2 Å². The molecule has 0 aliphatic heterocycles. The number of allylic oxidation sites excluding steroid dienone is 4. The zero-order valence-electron chi connectivity index (χ0n) is 31.0. The second-order valence-electron chi connectivity index (χ2n) is 13.0. The van der Waals surface area contributed by atoms with Crippen LogP contribution in [0.5, 0.6) is 0 Å². The summed E-state index contributed by atoms with van der Waals surface area (Å²) in [5.41, 5.74) is 5.33. The summed E-state index contributed by atoms with van der Waals surface area (Å²) in [4.78, 5) is 33.3. The van der Waals surface area contributed by atoms with Crippen LogP contribution in [-0.4, -0.2) is 60.5 Å². The van der Waals surface area contributed by atoms with Crippen LogP contribution in [0.2, 0.25) is 0 Å². The quantitative estimate of drug-likeness (QED) is 0.0245. The Morgan fingerprint density at radius 1 is 0.633 bits per heavy atom. The lowest BCUT2D eigenvalue weighted by Gasteiger charge is -2.20. The van der Waals surface area contributed by atoms with Gasteiger partial charge in [-0.3, -0.25) is 18.6 Å². The molecule has 0 spiro atoms. The van der Waals surface area contributed by atoms with E-state index in [1.54, 1.807) is 0 Å². The molecule has 288 valence electrons. The number of carbonyl (C=O) groups is 2. The fraction of sp³-hybridized carbons (Fsp3) is 0.842. The molecule has 0 radical (unpaired) electrons. The highest BCUT2D eigenvalue weighted by molar-refractivity contribution is 7.47. The van der Waals surface area contributed by atoms with Gasteiger partial charge in [-0.15, -0.1) is 0 Å². The van der Waals surface area contributed by atoms with E-state index in [-0.39, 0.29) is 13.0 Å². The minimum Gasteiger partial charge on any atom is -0.480 e. The SMILES string of the molecule is CCC/C=C\CCCCCCCC(=O)OC(COCCCCCCCC/C=C\CCCCCCCCC)COP(=O)(O)OCC(N)C(=O)O. The smallest absolute Gasteiger partial charge is 0.472 e. The Bertz CT molecular complexity index is 883. The average Bonchev–Trinajstić information content (AvgIpc) is 3.07. The van der Waals surface area contributed by atoms with Crippen LogP contribution in [-0.2, 0) is 32.7 Å². The molecule has 4 N–H and O–H groups in total. The first-order valence-electron chi connectivity index (χ1n) is 19.4. The highest BCUT2D eigenvalue weighted by atomic mass is 31.2. The van der Waals surface area contributed by atoms with Gasteiger partial charge in [-0.05, 0) is 57.8 Å². The Labute approximate surface area is 298 Å². The fourth-order valence-corrected chi connectivity index (χ4v) is 5.91. The van der Waals surface area contributed by atoms with E-state index in [0.29, 0.717) is 13.0 Å². The molecule has 0 aromatic carbocycles. The summed E-state index contributed by atoms with van der Waals surface area (Å²) in [7, 11) is -4.61. The van der Waals surface area contributed by atoms with Crippen molar-refractivity contribution in [1.82, 2.24) is 0 Å². The number of carbonyl (C=O) groups excluding carboxylic acids is 1. The topological polar surface area (TPSA) is 155 Å². The monoisotopic (exact) mass is 717 g/mol. The Kier molecular flexibility index (Phi) is 33.8. The normalized spacial score (nSPS) is 14.4. The Morgan fingerprint density at radius 3 is 1.63 bits per heavy atom. The molecular weight excluding hydrogens is 645 g/mol. The van der Waals surface area contributed by atoms with E-state index in [2.05, 4.69) is 42.7 Å². The molecule has 0 bridgehead atoms. The maximum Gasteiger partial charge on any atom is 0.472 e. The summed E-state index contributed by atoms with van der Waals surface area (Å²) >= 11 is 0. The zero-order valence-corrected chi connectivity index (χ0v) is 31.9. The summed E-state index contributed by atoms with van der Waals surface area (Å²) in [5.74, 6) is -1.79. The third-order valence-corrected chi connectivity index (χ3v) is 9.13. The molecule has 3 unspecified atom stereocenters. The van der Waals surface area contributed by atoms with Crippen molar-refractivity contribution in [2.24, 2.45) is 5.73 Å². The number of unbranched alkanes of at least 4 members (excludes halogenated alkanes) is 19. The van der Waals surface area contributed by atoms with Crippen molar-refractivity contribution in [2.75, 3.05) is 26.4 Å². The van der Waals surface area contributed by atoms with Gasteiger partial charge in [0.15, 0.2) is 0 Å². The third-order valence-electron chi connectivity index (χ3n) is 8.18. The van der Waals surface area contributed by atoms with Gasteiger partial charge in [-0.1, -0.05) is 128 Å². The summed E-state index contributed by atoms with van der Waals surface area (Å²) in [6.45, 7) is 3.78. The number of aliphatic carboxylic acids is 1. The molecule has 0 aromatic rings. The lowest BCUT2D eigenvalue weighted by molar-refractivity contribution is -0.154. The third kappa shape index (κ3) is 34.7. The zero-order chi connectivity index (χ0) is 36.3. The summed E-state index contributed by atoms with van der Waals surface area (Å²) < 4.78 is 33.2. The van der Waals surface area contributed by atoms with Crippen molar-refractivity contribution >= 4 is 19.8 Å². The molecule has 3 atom stereocenters. The predicted molar refractivity (Wildman–Crippen MR) is 198 cm³/mol. The first-order valence-corrected chi connectivity index (χ1v) is 20.9. The molecule has 0 saturated heterocycles. The lowest BCUT2D eigenvalue weighted by atomic mass is 10.1. The van der Waals surface area contributed by atoms with Crippen LogP contribution >= 0.6 is 7.82 Å². The molecule has 49 heavy (non-hydrogen) atoms. The number of carboxylic acids is 1. The van der Waals surface area contributed by atoms with E-state index < -0.39 is 45.1 Å².